The molecule has 37 heavy (non-hydrogen) atoms. The van der Waals surface area contributed by atoms with Gasteiger partial charge in [0.05, 0.1) is 0 Å². The molecule has 2 nitrogen and oxygen atoms in total. The first-order valence-electron chi connectivity index (χ1n) is 12.4. The van der Waals surface area contributed by atoms with Crippen molar-refractivity contribution in [1.82, 2.24) is 4.98 Å². The highest BCUT2D eigenvalue weighted by molar-refractivity contribution is 5.84. The average Bonchev–Trinajstić information content (AvgIpc) is 2.88. The zero-order valence-electron chi connectivity index (χ0n) is 20.7. The summed E-state index contributed by atoms with van der Waals surface area (Å²) >= 11 is 0. The molecule has 0 bridgehead atoms. The lowest BCUT2D eigenvalue weighted by Gasteiger charge is -2.10. The predicted octanol–water partition coefficient (Wildman–Crippen LogP) is 8.35. The lowest BCUT2D eigenvalue weighted by molar-refractivity contribution is -0.274. The Balaban J connectivity index is 1.35. The molecule has 192 valence electrons. The number of nitrogens with zero attached hydrogens (tertiary/aromatic N) is 1. The van der Waals surface area contributed by atoms with Crippen LogP contribution in [-0.4, -0.2) is 11.3 Å². The average molecular weight is 508 g/mol. The SMILES string of the molecule is C/C=C/CCc1ccc(CCc2ccc3c(F)c(CCc4ccc(OC(F)(F)F)cc4)ccc3c2)nc1. The summed E-state index contributed by atoms with van der Waals surface area (Å²) in [6.45, 7) is 2.02. The molecule has 0 spiro atoms. The minimum atomic E-state index is -4.72. The van der Waals surface area contributed by atoms with Gasteiger partial charge >= 0.3 is 6.36 Å². The van der Waals surface area contributed by atoms with Gasteiger partial charge in [-0.15, -0.1) is 13.2 Å². The van der Waals surface area contributed by atoms with E-state index in [0.29, 0.717) is 23.8 Å². The molecule has 0 aliphatic heterocycles. The molecule has 4 rings (SSSR count). The third-order valence-corrected chi connectivity index (χ3v) is 6.33. The molecule has 0 unspecified atom stereocenters. The van der Waals surface area contributed by atoms with Crippen molar-refractivity contribution in [3.63, 3.8) is 0 Å². The molecule has 0 aliphatic carbocycles. The summed E-state index contributed by atoms with van der Waals surface area (Å²) in [5, 5.41) is 1.42. The highest BCUT2D eigenvalue weighted by Crippen LogP contribution is 2.26. The normalized spacial score (nSPS) is 11.9. The number of pyridine rings is 1. The number of aromatic nitrogens is 1. The Hall–Kier alpha value is -3.67. The molecule has 3 aromatic carbocycles. The van der Waals surface area contributed by atoms with E-state index in [1.165, 1.54) is 17.7 Å². The topological polar surface area (TPSA) is 22.1 Å². The van der Waals surface area contributed by atoms with E-state index >= 15 is 4.39 Å². The second-order valence-electron chi connectivity index (χ2n) is 9.05. The monoisotopic (exact) mass is 507 g/mol. The molecule has 0 aliphatic rings. The fraction of sp³-hybridized carbons (Fsp3) is 0.258. The first-order valence-corrected chi connectivity index (χ1v) is 12.4. The predicted molar refractivity (Wildman–Crippen MR) is 139 cm³/mol. The van der Waals surface area contributed by atoms with Crippen molar-refractivity contribution in [2.75, 3.05) is 0 Å². The van der Waals surface area contributed by atoms with Gasteiger partial charge in [-0.2, -0.15) is 0 Å². The number of allylic oxidation sites excluding steroid dienone is 2. The quantitative estimate of drug-likeness (QED) is 0.159. The van der Waals surface area contributed by atoms with Gasteiger partial charge < -0.3 is 4.74 Å². The van der Waals surface area contributed by atoms with E-state index in [9.17, 15) is 13.2 Å². The third kappa shape index (κ3) is 7.66. The number of hydrogen-bond donors (Lipinski definition) is 0. The van der Waals surface area contributed by atoms with Crippen molar-refractivity contribution in [2.24, 2.45) is 0 Å². The molecule has 0 saturated heterocycles. The second-order valence-corrected chi connectivity index (χ2v) is 9.05. The van der Waals surface area contributed by atoms with Gasteiger partial charge in [-0.1, -0.05) is 60.7 Å². The Morgan fingerprint density at radius 1 is 0.784 bits per heavy atom. The summed E-state index contributed by atoms with van der Waals surface area (Å²) in [6, 6.07) is 19.4. The molecule has 0 saturated carbocycles. The van der Waals surface area contributed by atoms with Gasteiger partial charge in [0.2, 0.25) is 0 Å². The summed E-state index contributed by atoms with van der Waals surface area (Å²) in [5.41, 5.74) is 4.78. The Morgan fingerprint density at radius 3 is 2.22 bits per heavy atom. The smallest absolute Gasteiger partial charge is 0.406 e. The largest absolute Gasteiger partial charge is 0.573 e. The van der Waals surface area contributed by atoms with Crippen LogP contribution < -0.4 is 4.74 Å². The van der Waals surface area contributed by atoms with Gasteiger partial charge in [0.1, 0.15) is 11.6 Å². The minimum absolute atomic E-state index is 0.253. The van der Waals surface area contributed by atoms with Gasteiger partial charge in [-0.25, -0.2) is 4.39 Å². The molecule has 1 aromatic heterocycles. The molecule has 0 atom stereocenters. The van der Waals surface area contributed by atoms with E-state index in [2.05, 4.69) is 34.0 Å². The number of halogens is 4. The van der Waals surface area contributed by atoms with Crippen LogP contribution in [0.1, 0.15) is 41.3 Å². The van der Waals surface area contributed by atoms with E-state index in [1.54, 1.807) is 18.2 Å². The zero-order chi connectivity index (χ0) is 26.3. The fourth-order valence-corrected chi connectivity index (χ4v) is 4.31. The van der Waals surface area contributed by atoms with Crippen LogP contribution in [0.2, 0.25) is 0 Å². The number of aryl methyl sites for hydroxylation is 5. The highest BCUT2D eigenvalue weighted by Gasteiger charge is 2.30. The summed E-state index contributed by atoms with van der Waals surface area (Å²) < 4.78 is 56.0. The molecular formula is C31H29F4NO. The van der Waals surface area contributed by atoms with Crippen molar-refractivity contribution < 1.29 is 22.3 Å². The van der Waals surface area contributed by atoms with Crippen LogP contribution >= 0.6 is 0 Å². The van der Waals surface area contributed by atoms with Crippen LogP contribution in [0.4, 0.5) is 17.6 Å². The highest BCUT2D eigenvalue weighted by atomic mass is 19.4. The lowest BCUT2D eigenvalue weighted by atomic mass is 9.98. The van der Waals surface area contributed by atoms with Crippen molar-refractivity contribution in [3.8, 4) is 5.75 Å². The molecule has 0 radical (unpaired) electrons. The van der Waals surface area contributed by atoms with Crippen LogP contribution in [0.3, 0.4) is 0 Å². The molecule has 0 amide bonds. The van der Waals surface area contributed by atoms with Crippen LogP contribution in [0.5, 0.6) is 5.75 Å². The summed E-state index contributed by atoms with van der Waals surface area (Å²) in [7, 11) is 0. The molecule has 1 heterocycles. The first kappa shape index (κ1) is 26.4. The minimum Gasteiger partial charge on any atom is -0.406 e. The summed E-state index contributed by atoms with van der Waals surface area (Å²) in [5.74, 6) is -0.520. The van der Waals surface area contributed by atoms with Crippen LogP contribution in [-0.2, 0) is 32.1 Å². The molecular weight excluding hydrogens is 478 g/mol. The van der Waals surface area contributed by atoms with Crippen molar-refractivity contribution in [1.29, 1.82) is 0 Å². The van der Waals surface area contributed by atoms with Crippen molar-refractivity contribution in [2.45, 2.75) is 51.8 Å². The Kier molecular flexibility index (Phi) is 8.59. The Bertz CT molecular complexity index is 1340. The number of rotatable bonds is 10. The van der Waals surface area contributed by atoms with Crippen molar-refractivity contribution in [3.05, 3.63) is 119 Å². The molecule has 4 aromatic rings. The number of hydrogen-bond acceptors (Lipinski definition) is 2. The maximum absolute atomic E-state index is 15.2. The second kappa shape index (κ2) is 12.0. The number of alkyl halides is 3. The van der Waals surface area contributed by atoms with Gasteiger partial charge in [0.25, 0.3) is 0 Å². The maximum atomic E-state index is 15.2. The van der Waals surface area contributed by atoms with Crippen LogP contribution in [0.15, 0.2) is 85.1 Å². The number of benzene rings is 3. The maximum Gasteiger partial charge on any atom is 0.573 e. The zero-order valence-corrected chi connectivity index (χ0v) is 20.7. The molecule has 0 fully saturated rings. The van der Waals surface area contributed by atoms with Gasteiger partial charge in [-0.05, 0) is 91.3 Å². The number of fused-ring (bicyclic) bond motifs is 1. The third-order valence-electron chi connectivity index (χ3n) is 6.33. The van der Waals surface area contributed by atoms with E-state index < -0.39 is 6.36 Å². The fourth-order valence-electron chi connectivity index (χ4n) is 4.31. The van der Waals surface area contributed by atoms with E-state index in [4.69, 9.17) is 0 Å². The van der Waals surface area contributed by atoms with Gasteiger partial charge in [0, 0.05) is 17.3 Å². The Morgan fingerprint density at radius 2 is 1.51 bits per heavy atom. The van der Waals surface area contributed by atoms with Crippen LogP contribution in [0.25, 0.3) is 10.8 Å². The van der Waals surface area contributed by atoms with E-state index in [0.717, 1.165) is 47.9 Å². The van der Waals surface area contributed by atoms with Gasteiger partial charge in [-0.3, -0.25) is 4.98 Å². The van der Waals surface area contributed by atoms with E-state index in [-0.39, 0.29) is 11.6 Å². The van der Waals surface area contributed by atoms with Crippen LogP contribution in [0, 0.1) is 5.82 Å². The summed E-state index contributed by atoms with van der Waals surface area (Å²) in [4.78, 5) is 4.59. The molecule has 0 N–H and O–H groups in total. The Labute approximate surface area is 214 Å². The molecule has 6 heteroatoms. The first-order chi connectivity index (χ1) is 17.8. The van der Waals surface area contributed by atoms with Crippen molar-refractivity contribution >= 4 is 10.8 Å². The number of ether oxygens (including phenoxy) is 1. The lowest BCUT2D eigenvalue weighted by Crippen LogP contribution is -2.17. The van der Waals surface area contributed by atoms with E-state index in [1.807, 2.05) is 37.4 Å². The van der Waals surface area contributed by atoms with Gasteiger partial charge in [0.15, 0.2) is 0 Å². The summed E-state index contributed by atoms with van der Waals surface area (Å²) in [6.07, 6.45) is 6.02. The standard InChI is InChI=1S/C31H29F4NO/c1-2-3-4-5-24-8-16-27(36-21-24)15-7-23-11-19-29-26(20-23)14-13-25(30(29)32)12-6-22-9-17-28(18-10-22)37-31(33,34)35/h2-3,8-11,13-14,16-21H,4-7,12,15H2,1H3/b3-2+.